The molecule has 1 aromatic rings. The first-order valence-electron chi connectivity index (χ1n) is 7.39. The Labute approximate surface area is 115 Å². The molecule has 1 heterocycles. The maximum Gasteiger partial charge on any atom is 0.0933 e. The molecule has 2 nitrogen and oxygen atoms in total. The highest BCUT2D eigenvalue weighted by molar-refractivity contribution is 7.11. The zero-order valence-corrected chi connectivity index (χ0v) is 12.8. The molecule has 102 valence electrons. The maximum absolute atomic E-state index is 4.93. The fourth-order valence-corrected chi connectivity index (χ4v) is 4.05. The lowest BCUT2D eigenvalue weighted by Gasteiger charge is -2.21. The van der Waals surface area contributed by atoms with E-state index < -0.39 is 0 Å². The van der Waals surface area contributed by atoms with Gasteiger partial charge in [-0.15, -0.1) is 11.3 Å². The minimum atomic E-state index is 0.664. The average molecular weight is 266 g/mol. The van der Waals surface area contributed by atoms with Crippen LogP contribution in [0.5, 0.6) is 0 Å². The highest BCUT2D eigenvalue weighted by Crippen LogP contribution is 2.35. The second kappa shape index (κ2) is 6.67. The first kappa shape index (κ1) is 14.0. The van der Waals surface area contributed by atoms with Crippen LogP contribution in [0.25, 0.3) is 0 Å². The summed E-state index contributed by atoms with van der Waals surface area (Å²) in [5.74, 6) is 1.38. The summed E-state index contributed by atoms with van der Waals surface area (Å²) in [4.78, 5) is 6.50. The molecule has 1 N–H and O–H groups in total. The van der Waals surface area contributed by atoms with Gasteiger partial charge in [0.05, 0.1) is 10.7 Å². The van der Waals surface area contributed by atoms with Crippen LogP contribution in [-0.4, -0.2) is 18.1 Å². The minimum absolute atomic E-state index is 0.664. The molecule has 1 unspecified atom stereocenters. The first-order valence-corrected chi connectivity index (χ1v) is 8.21. The number of rotatable bonds is 6. The molecule has 1 aromatic heterocycles. The number of hydrogen-bond acceptors (Lipinski definition) is 3. The topological polar surface area (TPSA) is 24.9 Å². The molecule has 0 bridgehead atoms. The summed E-state index contributed by atoms with van der Waals surface area (Å²) >= 11 is 1.97. The van der Waals surface area contributed by atoms with Crippen LogP contribution >= 0.6 is 11.3 Å². The second-order valence-corrected chi connectivity index (χ2v) is 6.98. The van der Waals surface area contributed by atoms with Crippen molar-refractivity contribution >= 4 is 11.3 Å². The van der Waals surface area contributed by atoms with Gasteiger partial charge in [0.1, 0.15) is 0 Å². The zero-order valence-electron chi connectivity index (χ0n) is 12.0. The summed E-state index contributed by atoms with van der Waals surface area (Å²) in [6.45, 7) is 9.03. The molecule has 1 atom stereocenters. The average Bonchev–Trinajstić information content (AvgIpc) is 2.71. The van der Waals surface area contributed by atoms with Crippen LogP contribution in [0.4, 0.5) is 0 Å². The van der Waals surface area contributed by atoms with E-state index in [1.165, 1.54) is 36.4 Å². The molecular formula is C15H26N2S. The van der Waals surface area contributed by atoms with E-state index in [1.54, 1.807) is 4.88 Å². The molecule has 0 aliphatic heterocycles. The van der Waals surface area contributed by atoms with E-state index in [9.17, 15) is 0 Å². The Kier molecular flexibility index (Phi) is 5.19. The van der Waals surface area contributed by atoms with Crippen molar-refractivity contribution in [1.82, 2.24) is 10.3 Å². The summed E-state index contributed by atoms with van der Waals surface area (Å²) in [5, 5.41) is 4.92. The van der Waals surface area contributed by atoms with Crippen molar-refractivity contribution in [1.29, 1.82) is 0 Å². The lowest BCUT2D eigenvalue weighted by Crippen LogP contribution is -2.24. The predicted octanol–water partition coefficient (Wildman–Crippen LogP) is 3.76. The first-order chi connectivity index (χ1) is 8.70. The second-order valence-electron chi connectivity index (χ2n) is 5.81. The smallest absolute Gasteiger partial charge is 0.0933 e. The molecule has 18 heavy (non-hydrogen) atoms. The van der Waals surface area contributed by atoms with Crippen LogP contribution in [0.3, 0.4) is 0 Å². The molecule has 0 fully saturated rings. The lowest BCUT2D eigenvalue weighted by atomic mass is 9.91. The largest absolute Gasteiger partial charge is 0.316 e. The Hall–Kier alpha value is -0.410. The zero-order chi connectivity index (χ0) is 13.0. The number of aryl methyl sites for hydroxylation is 1. The van der Waals surface area contributed by atoms with Gasteiger partial charge < -0.3 is 5.32 Å². The summed E-state index contributed by atoms with van der Waals surface area (Å²) in [6.07, 6.45) is 6.28. The lowest BCUT2D eigenvalue weighted by molar-refractivity contribution is 0.500. The van der Waals surface area contributed by atoms with Crippen LogP contribution in [0.2, 0.25) is 0 Å². The molecule has 1 aliphatic carbocycles. The SMILES string of the molecule is CCCNCC1CCCc2sc(CC(C)C)nc21. The normalized spacial score (nSPS) is 19.2. The molecular weight excluding hydrogens is 240 g/mol. The number of fused-ring (bicyclic) bond motifs is 1. The van der Waals surface area contributed by atoms with Crippen LogP contribution < -0.4 is 5.32 Å². The molecule has 0 saturated heterocycles. The molecule has 1 aliphatic rings. The highest BCUT2D eigenvalue weighted by atomic mass is 32.1. The monoisotopic (exact) mass is 266 g/mol. The van der Waals surface area contributed by atoms with Gasteiger partial charge >= 0.3 is 0 Å². The summed E-state index contributed by atoms with van der Waals surface area (Å²) in [6, 6.07) is 0. The third kappa shape index (κ3) is 3.55. The van der Waals surface area contributed by atoms with E-state index in [1.807, 2.05) is 11.3 Å². The Bertz CT molecular complexity index is 371. The van der Waals surface area contributed by atoms with Gasteiger partial charge in [0.2, 0.25) is 0 Å². The number of thiazole rings is 1. The minimum Gasteiger partial charge on any atom is -0.316 e. The Morgan fingerprint density at radius 2 is 2.28 bits per heavy atom. The summed E-state index contributed by atoms with van der Waals surface area (Å²) in [7, 11) is 0. The molecule has 0 saturated carbocycles. The number of hydrogen-bond donors (Lipinski definition) is 1. The standard InChI is InChI=1S/C15H26N2S/c1-4-8-16-10-12-6-5-7-13-15(12)17-14(18-13)9-11(2)3/h11-12,16H,4-10H2,1-3H3. The fraction of sp³-hybridized carbons (Fsp3) is 0.800. The Morgan fingerprint density at radius 1 is 1.44 bits per heavy atom. The molecule has 3 heteroatoms. The van der Waals surface area contributed by atoms with Gasteiger partial charge in [-0.3, -0.25) is 0 Å². The van der Waals surface area contributed by atoms with Crippen LogP contribution in [0, 0.1) is 5.92 Å². The molecule has 2 rings (SSSR count). The van der Waals surface area contributed by atoms with E-state index in [4.69, 9.17) is 4.98 Å². The maximum atomic E-state index is 4.93. The van der Waals surface area contributed by atoms with Crippen molar-refractivity contribution < 1.29 is 0 Å². The third-order valence-electron chi connectivity index (χ3n) is 3.52. The van der Waals surface area contributed by atoms with Crippen LogP contribution in [0.15, 0.2) is 0 Å². The van der Waals surface area contributed by atoms with Crippen LogP contribution in [-0.2, 0) is 12.8 Å². The fourth-order valence-electron chi connectivity index (χ4n) is 2.65. The molecule has 0 radical (unpaired) electrons. The molecule has 0 aromatic carbocycles. The number of nitrogens with zero attached hydrogens (tertiary/aromatic N) is 1. The van der Waals surface area contributed by atoms with Crippen molar-refractivity contribution in [2.75, 3.05) is 13.1 Å². The van der Waals surface area contributed by atoms with Crippen molar-refractivity contribution in [3.05, 3.63) is 15.6 Å². The third-order valence-corrected chi connectivity index (χ3v) is 4.67. The predicted molar refractivity (Wildman–Crippen MR) is 79.5 cm³/mol. The van der Waals surface area contributed by atoms with E-state index in [2.05, 4.69) is 26.1 Å². The summed E-state index contributed by atoms with van der Waals surface area (Å²) in [5.41, 5.74) is 1.42. The van der Waals surface area contributed by atoms with Crippen molar-refractivity contribution in [3.63, 3.8) is 0 Å². The Balaban J connectivity index is 2.03. The van der Waals surface area contributed by atoms with E-state index in [0.717, 1.165) is 19.5 Å². The summed E-state index contributed by atoms with van der Waals surface area (Å²) < 4.78 is 0. The van der Waals surface area contributed by atoms with Crippen LogP contribution in [0.1, 0.15) is 61.5 Å². The van der Waals surface area contributed by atoms with Crippen molar-refractivity contribution in [2.45, 2.75) is 58.8 Å². The van der Waals surface area contributed by atoms with E-state index in [-0.39, 0.29) is 0 Å². The number of nitrogens with one attached hydrogen (secondary N) is 1. The van der Waals surface area contributed by atoms with Crippen molar-refractivity contribution in [2.24, 2.45) is 5.92 Å². The van der Waals surface area contributed by atoms with Gasteiger partial charge in [0.25, 0.3) is 0 Å². The van der Waals surface area contributed by atoms with Crippen molar-refractivity contribution in [3.8, 4) is 0 Å². The Morgan fingerprint density at radius 3 is 3.00 bits per heavy atom. The van der Waals surface area contributed by atoms with Gasteiger partial charge in [0.15, 0.2) is 0 Å². The van der Waals surface area contributed by atoms with Gasteiger partial charge in [-0.05, 0) is 38.1 Å². The van der Waals surface area contributed by atoms with Gasteiger partial charge in [-0.2, -0.15) is 0 Å². The van der Waals surface area contributed by atoms with Gasteiger partial charge in [0, 0.05) is 23.8 Å². The van der Waals surface area contributed by atoms with Gasteiger partial charge in [-0.25, -0.2) is 4.98 Å². The highest BCUT2D eigenvalue weighted by Gasteiger charge is 2.24. The molecule has 0 amide bonds. The van der Waals surface area contributed by atoms with E-state index >= 15 is 0 Å². The number of aromatic nitrogens is 1. The van der Waals surface area contributed by atoms with Gasteiger partial charge in [-0.1, -0.05) is 20.8 Å². The molecule has 0 spiro atoms. The van der Waals surface area contributed by atoms with E-state index in [0.29, 0.717) is 11.8 Å². The quantitative estimate of drug-likeness (QED) is 0.793.